The zero-order valence-corrected chi connectivity index (χ0v) is 11.0. The summed E-state index contributed by atoms with van der Waals surface area (Å²) in [5.41, 5.74) is 3.55. The van der Waals surface area contributed by atoms with Gasteiger partial charge in [0.2, 0.25) is 0 Å². The summed E-state index contributed by atoms with van der Waals surface area (Å²) in [6.45, 7) is 9.85. The Kier molecular flexibility index (Phi) is 3.24. The van der Waals surface area contributed by atoms with Crippen molar-refractivity contribution in [3.8, 4) is 5.75 Å². The number of H-pyrrole nitrogens is 1. The van der Waals surface area contributed by atoms with E-state index >= 15 is 0 Å². The standard InChI is InChI=1S/C15H17NO2/c1-5-8-18-12-7-6-9(2)14-13(12)10(3)11(4)15(17)16-14/h5-7H,1,8H2,2-4H3,(H,16,17). The Morgan fingerprint density at radius 1 is 1.28 bits per heavy atom. The van der Waals surface area contributed by atoms with Crippen LogP contribution >= 0.6 is 0 Å². The lowest BCUT2D eigenvalue weighted by Gasteiger charge is -2.13. The molecular weight excluding hydrogens is 226 g/mol. The molecule has 0 radical (unpaired) electrons. The Morgan fingerprint density at radius 2 is 2.00 bits per heavy atom. The summed E-state index contributed by atoms with van der Waals surface area (Å²) in [5.74, 6) is 0.785. The first-order chi connectivity index (χ1) is 8.56. The van der Waals surface area contributed by atoms with Crippen molar-refractivity contribution in [2.24, 2.45) is 0 Å². The summed E-state index contributed by atoms with van der Waals surface area (Å²) >= 11 is 0. The highest BCUT2D eigenvalue weighted by molar-refractivity contribution is 5.91. The smallest absolute Gasteiger partial charge is 0.251 e. The lowest BCUT2D eigenvalue weighted by atomic mass is 10.0. The van der Waals surface area contributed by atoms with Gasteiger partial charge in [0.05, 0.1) is 5.52 Å². The molecule has 0 fully saturated rings. The van der Waals surface area contributed by atoms with Crippen LogP contribution in [0.2, 0.25) is 0 Å². The summed E-state index contributed by atoms with van der Waals surface area (Å²) in [4.78, 5) is 14.7. The van der Waals surface area contributed by atoms with Crippen LogP contribution in [0.4, 0.5) is 0 Å². The molecule has 0 amide bonds. The summed E-state index contributed by atoms with van der Waals surface area (Å²) in [6.07, 6.45) is 1.71. The number of aromatic amines is 1. The highest BCUT2D eigenvalue weighted by atomic mass is 16.5. The molecule has 94 valence electrons. The second kappa shape index (κ2) is 4.69. The number of ether oxygens (including phenoxy) is 1. The molecule has 0 spiro atoms. The molecule has 0 atom stereocenters. The second-order valence-corrected chi connectivity index (χ2v) is 4.43. The minimum absolute atomic E-state index is 0.0380. The van der Waals surface area contributed by atoms with Crippen LogP contribution in [0.25, 0.3) is 10.9 Å². The largest absolute Gasteiger partial charge is 0.489 e. The van der Waals surface area contributed by atoms with E-state index in [2.05, 4.69) is 11.6 Å². The first-order valence-electron chi connectivity index (χ1n) is 5.92. The predicted molar refractivity (Wildman–Crippen MR) is 74.5 cm³/mol. The van der Waals surface area contributed by atoms with Crippen molar-refractivity contribution in [1.29, 1.82) is 0 Å². The van der Waals surface area contributed by atoms with Crippen molar-refractivity contribution >= 4 is 10.9 Å². The molecular formula is C15H17NO2. The van der Waals surface area contributed by atoms with E-state index in [0.29, 0.717) is 6.61 Å². The fraction of sp³-hybridized carbons (Fsp3) is 0.267. The first-order valence-corrected chi connectivity index (χ1v) is 5.92. The molecule has 1 N–H and O–H groups in total. The van der Waals surface area contributed by atoms with E-state index < -0.39 is 0 Å². The average Bonchev–Trinajstić information content (AvgIpc) is 2.36. The Balaban J connectivity index is 2.82. The van der Waals surface area contributed by atoms with Gasteiger partial charge in [-0.1, -0.05) is 18.7 Å². The Morgan fingerprint density at radius 3 is 2.67 bits per heavy atom. The average molecular weight is 243 g/mol. The van der Waals surface area contributed by atoms with Gasteiger partial charge in [-0.15, -0.1) is 0 Å². The highest BCUT2D eigenvalue weighted by Crippen LogP contribution is 2.30. The molecule has 0 aliphatic heterocycles. The van der Waals surface area contributed by atoms with Crippen molar-refractivity contribution < 1.29 is 4.74 Å². The third-order valence-electron chi connectivity index (χ3n) is 3.25. The third-order valence-corrected chi connectivity index (χ3v) is 3.25. The fourth-order valence-electron chi connectivity index (χ4n) is 2.06. The van der Waals surface area contributed by atoms with Gasteiger partial charge in [-0.05, 0) is 38.0 Å². The molecule has 0 aliphatic rings. The number of rotatable bonds is 3. The minimum Gasteiger partial charge on any atom is -0.489 e. The lowest BCUT2D eigenvalue weighted by Crippen LogP contribution is -2.12. The normalized spacial score (nSPS) is 10.6. The topological polar surface area (TPSA) is 42.1 Å². The van der Waals surface area contributed by atoms with Gasteiger partial charge in [-0.25, -0.2) is 0 Å². The van der Waals surface area contributed by atoms with E-state index in [1.54, 1.807) is 6.08 Å². The number of pyridine rings is 1. The van der Waals surface area contributed by atoms with Gasteiger partial charge < -0.3 is 9.72 Å². The molecule has 1 aromatic carbocycles. The summed E-state index contributed by atoms with van der Waals surface area (Å²) < 4.78 is 5.66. The molecule has 18 heavy (non-hydrogen) atoms. The molecule has 1 aromatic heterocycles. The molecule has 3 nitrogen and oxygen atoms in total. The third kappa shape index (κ3) is 1.92. The van der Waals surface area contributed by atoms with Gasteiger partial charge in [0.25, 0.3) is 5.56 Å². The van der Waals surface area contributed by atoms with Gasteiger partial charge in [0, 0.05) is 10.9 Å². The number of hydrogen-bond donors (Lipinski definition) is 1. The quantitative estimate of drug-likeness (QED) is 0.842. The van der Waals surface area contributed by atoms with Gasteiger partial charge in [-0.2, -0.15) is 0 Å². The van der Waals surface area contributed by atoms with Crippen LogP contribution in [-0.2, 0) is 0 Å². The van der Waals surface area contributed by atoms with Gasteiger partial charge in [0.15, 0.2) is 0 Å². The van der Waals surface area contributed by atoms with Crippen molar-refractivity contribution in [2.75, 3.05) is 6.61 Å². The molecule has 2 rings (SSSR count). The molecule has 0 bridgehead atoms. The molecule has 0 unspecified atom stereocenters. The van der Waals surface area contributed by atoms with Crippen molar-refractivity contribution in [2.45, 2.75) is 20.8 Å². The van der Waals surface area contributed by atoms with Crippen LogP contribution < -0.4 is 10.3 Å². The first kappa shape index (κ1) is 12.4. The van der Waals surface area contributed by atoms with E-state index in [9.17, 15) is 4.79 Å². The number of nitrogens with one attached hydrogen (secondary N) is 1. The molecule has 2 aromatic rings. The van der Waals surface area contributed by atoms with Gasteiger partial charge >= 0.3 is 0 Å². The summed E-state index contributed by atoms with van der Waals surface area (Å²) in [7, 11) is 0. The maximum atomic E-state index is 11.8. The molecule has 0 saturated heterocycles. The number of aryl methyl sites for hydroxylation is 2. The van der Waals surface area contributed by atoms with E-state index in [-0.39, 0.29) is 5.56 Å². The minimum atomic E-state index is -0.0380. The number of benzene rings is 1. The monoisotopic (exact) mass is 243 g/mol. The van der Waals surface area contributed by atoms with E-state index in [4.69, 9.17) is 4.74 Å². The van der Waals surface area contributed by atoms with E-state index in [1.165, 1.54) is 0 Å². The van der Waals surface area contributed by atoms with Crippen molar-refractivity contribution in [1.82, 2.24) is 4.98 Å². The maximum absolute atomic E-state index is 11.8. The van der Waals surface area contributed by atoms with E-state index in [1.807, 2.05) is 32.9 Å². The van der Waals surface area contributed by atoms with Crippen LogP contribution in [0.3, 0.4) is 0 Å². The molecule has 0 aliphatic carbocycles. The Hall–Kier alpha value is -2.03. The van der Waals surface area contributed by atoms with Crippen LogP contribution in [0.1, 0.15) is 16.7 Å². The zero-order chi connectivity index (χ0) is 13.3. The maximum Gasteiger partial charge on any atom is 0.251 e. The van der Waals surface area contributed by atoms with Crippen molar-refractivity contribution in [3.63, 3.8) is 0 Å². The highest BCUT2D eigenvalue weighted by Gasteiger charge is 2.11. The lowest BCUT2D eigenvalue weighted by molar-refractivity contribution is 0.367. The van der Waals surface area contributed by atoms with Crippen LogP contribution in [-0.4, -0.2) is 11.6 Å². The SMILES string of the molecule is C=CCOc1ccc(C)c2[nH]c(=O)c(C)c(C)c12. The van der Waals surface area contributed by atoms with Crippen LogP contribution in [0.15, 0.2) is 29.6 Å². The predicted octanol–water partition coefficient (Wildman–Crippen LogP) is 3.02. The fourth-order valence-corrected chi connectivity index (χ4v) is 2.06. The number of fused-ring (bicyclic) bond motifs is 1. The van der Waals surface area contributed by atoms with Crippen LogP contribution in [0, 0.1) is 20.8 Å². The Labute approximate surface area is 106 Å². The van der Waals surface area contributed by atoms with Crippen LogP contribution in [0.5, 0.6) is 5.75 Å². The van der Waals surface area contributed by atoms with Gasteiger partial charge in [0.1, 0.15) is 12.4 Å². The summed E-state index contributed by atoms with van der Waals surface area (Å²) in [6, 6.07) is 3.89. The van der Waals surface area contributed by atoms with E-state index in [0.717, 1.165) is 33.3 Å². The molecule has 0 saturated carbocycles. The zero-order valence-electron chi connectivity index (χ0n) is 11.0. The molecule has 1 heterocycles. The molecule has 3 heteroatoms. The summed E-state index contributed by atoms with van der Waals surface area (Å²) in [5, 5.41) is 0.981. The van der Waals surface area contributed by atoms with Crippen molar-refractivity contribution in [3.05, 3.63) is 51.8 Å². The Bertz CT molecular complexity index is 668. The number of aromatic nitrogens is 1. The number of hydrogen-bond acceptors (Lipinski definition) is 2. The second-order valence-electron chi connectivity index (χ2n) is 4.43. The van der Waals surface area contributed by atoms with Gasteiger partial charge in [-0.3, -0.25) is 4.79 Å².